The summed E-state index contributed by atoms with van der Waals surface area (Å²) < 4.78 is 12.8. The molecular weight excluding hydrogens is 492 g/mol. The lowest BCUT2D eigenvalue weighted by Crippen LogP contribution is -2.41. The van der Waals surface area contributed by atoms with Gasteiger partial charge in [0.25, 0.3) is 5.91 Å². The van der Waals surface area contributed by atoms with E-state index in [1.807, 2.05) is 78.3 Å². The SMILES string of the molecule is COc1cc(-c2cnn(C)c2)cc([C@@H](C)NC(=O)c2cc(C3CCN(C(=O)OC(C)(C)C)CC3)ccc2C)c1. The average Bonchev–Trinajstić information content (AvgIpc) is 3.34. The van der Waals surface area contributed by atoms with Crippen molar-refractivity contribution in [3.8, 4) is 16.9 Å². The molecule has 3 aromatic rings. The Morgan fingerprint density at radius 1 is 1.08 bits per heavy atom. The van der Waals surface area contributed by atoms with Crippen LogP contribution in [0.1, 0.15) is 79.5 Å². The zero-order valence-corrected chi connectivity index (χ0v) is 24.1. The topological polar surface area (TPSA) is 85.7 Å². The molecule has 2 amide bonds. The Hall–Kier alpha value is -3.81. The smallest absolute Gasteiger partial charge is 0.410 e. The number of hydrogen-bond acceptors (Lipinski definition) is 5. The van der Waals surface area contributed by atoms with Gasteiger partial charge in [-0.05, 0) is 99.9 Å². The number of nitrogens with zero attached hydrogens (tertiary/aromatic N) is 3. The van der Waals surface area contributed by atoms with Crippen molar-refractivity contribution in [3.05, 3.63) is 71.0 Å². The maximum atomic E-state index is 13.4. The zero-order valence-electron chi connectivity index (χ0n) is 24.1. The molecule has 8 heteroatoms. The van der Waals surface area contributed by atoms with Gasteiger partial charge in [-0.3, -0.25) is 9.48 Å². The van der Waals surface area contributed by atoms with E-state index in [2.05, 4.69) is 22.5 Å². The Labute approximate surface area is 231 Å². The number of likely N-dealkylation sites (tertiary alicyclic amines) is 1. The number of carbonyl (C=O) groups excluding carboxylic acids is 2. The molecule has 0 bridgehead atoms. The third-order valence-corrected chi connectivity index (χ3v) is 7.17. The second kappa shape index (κ2) is 11.5. The minimum atomic E-state index is -0.504. The van der Waals surface area contributed by atoms with E-state index in [1.165, 1.54) is 0 Å². The van der Waals surface area contributed by atoms with Crippen LogP contribution in [0.25, 0.3) is 11.1 Å². The molecule has 0 aliphatic carbocycles. The molecular formula is C31H40N4O4. The van der Waals surface area contributed by atoms with Crippen LogP contribution in [0.3, 0.4) is 0 Å². The summed E-state index contributed by atoms with van der Waals surface area (Å²) in [6.45, 7) is 10.9. The maximum Gasteiger partial charge on any atom is 0.410 e. The number of carbonyl (C=O) groups is 2. The number of piperidine rings is 1. The number of methoxy groups -OCH3 is 1. The number of aryl methyl sites for hydroxylation is 2. The Balaban J connectivity index is 1.46. The molecule has 1 aliphatic rings. The van der Waals surface area contributed by atoms with E-state index in [0.29, 0.717) is 18.7 Å². The van der Waals surface area contributed by atoms with Gasteiger partial charge < -0.3 is 19.7 Å². The van der Waals surface area contributed by atoms with E-state index in [-0.39, 0.29) is 24.0 Å². The average molecular weight is 533 g/mol. The van der Waals surface area contributed by atoms with Crippen LogP contribution in [0.5, 0.6) is 5.75 Å². The zero-order chi connectivity index (χ0) is 28.3. The minimum absolute atomic E-state index is 0.112. The summed E-state index contributed by atoms with van der Waals surface area (Å²) in [6, 6.07) is 11.9. The molecule has 0 radical (unpaired) electrons. The molecule has 1 atom stereocenters. The quantitative estimate of drug-likeness (QED) is 0.420. The number of amides is 2. The van der Waals surface area contributed by atoms with E-state index in [4.69, 9.17) is 9.47 Å². The molecule has 2 heterocycles. The highest BCUT2D eigenvalue weighted by Gasteiger charge is 2.28. The second-order valence-corrected chi connectivity index (χ2v) is 11.4. The lowest BCUT2D eigenvalue weighted by molar-refractivity contribution is 0.0205. The van der Waals surface area contributed by atoms with Gasteiger partial charge in [0.2, 0.25) is 0 Å². The summed E-state index contributed by atoms with van der Waals surface area (Å²) in [7, 11) is 3.52. The van der Waals surface area contributed by atoms with Gasteiger partial charge >= 0.3 is 6.09 Å². The third kappa shape index (κ3) is 6.99. The number of ether oxygens (including phenoxy) is 2. The van der Waals surface area contributed by atoms with Crippen LogP contribution in [-0.2, 0) is 11.8 Å². The summed E-state index contributed by atoms with van der Waals surface area (Å²) in [6.07, 6.45) is 5.17. The molecule has 1 N–H and O–H groups in total. The van der Waals surface area contributed by atoms with E-state index in [9.17, 15) is 9.59 Å². The first-order chi connectivity index (χ1) is 18.4. The van der Waals surface area contributed by atoms with Gasteiger partial charge in [-0.1, -0.05) is 12.1 Å². The Kier molecular flexibility index (Phi) is 8.33. The van der Waals surface area contributed by atoms with Crippen molar-refractivity contribution in [2.75, 3.05) is 20.2 Å². The highest BCUT2D eigenvalue weighted by molar-refractivity contribution is 5.96. The Morgan fingerprint density at radius 2 is 1.79 bits per heavy atom. The first kappa shape index (κ1) is 28.2. The lowest BCUT2D eigenvalue weighted by atomic mass is 9.87. The predicted octanol–water partition coefficient (Wildman–Crippen LogP) is 6.01. The summed E-state index contributed by atoms with van der Waals surface area (Å²) >= 11 is 0. The van der Waals surface area contributed by atoms with Gasteiger partial charge in [-0.2, -0.15) is 5.10 Å². The summed E-state index contributed by atoms with van der Waals surface area (Å²) in [5, 5.41) is 7.45. The summed E-state index contributed by atoms with van der Waals surface area (Å²) in [5.74, 6) is 0.899. The first-order valence-electron chi connectivity index (χ1n) is 13.5. The molecule has 1 aliphatic heterocycles. The van der Waals surface area contributed by atoms with Gasteiger partial charge in [0.05, 0.1) is 19.3 Å². The van der Waals surface area contributed by atoms with Crippen LogP contribution in [0.15, 0.2) is 48.8 Å². The van der Waals surface area contributed by atoms with Crippen molar-refractivity contribution in [2.45, 2.75) is 65.0 Å². The van der Waals surface area contributed by atoms with Crippen molar-refractivity contribution in [3.63, 3.8) is 0 Å². The van der Waals surface area contributed by atoms with Gasteiger partial charge in [-0.15, -0.1) is 0 Å². The van der Waals surface area contributed by atoms with Gasteiger partial charge in [0, 0.05) is 37.5 Å². The van der Waals surface area contributed by atoms with Crippen LogP contribution >= 0.6 is 0 Å². The van der Waals surface area contributed by atoms with Crippen LogP contribution in [-0.4, -0.2) is 52.5 Å². The molecule has 0 unspecified atom stereocenters. The minimum Gasteiger partial charge on any atom is -0.497 e. The highest BCUT2D eigenvalue weighted by Crippen LogP contribution is 2.31. The molecule has 39 heavy (non-hydrogen) atoms. The van der Waals surface area contributed by atoms with E-state index in [0.717, 1.165) is 46.4 Å². The maximum absolute atomic E-state index is 13.4. The monoisotopic (exact) mass is 532 g/mol. The van der Waals surface area contributed by atoms with E-state index in [1.54, 1.807) is 16.7 Å². The van der Waals surface area contributed by atoms with E-state index < -0.39 is 5.60 Å². The first-order valence-corrected chi connectivity index (χ1v) is 13.5. The molecule has 1 fully saturated rings. The second-order valence-electron chi connectivity index (χ2n) is 11.4. The number of rotatable bonds is 6. The number of benzene rings is 2. The number of nitrogens with one attached hydrogen (secondary N) is 1. The molecule has 1 saturated heterocycles. The van der Waals surface area contributed by atoms with Gasteiger partial charge in [-0.25, -0.2) is 4.79 Å². The van der Waals surface area contributed by atoms with Gasteiger partial charge in [0.15, 0.2) is 0 Å². The summed E-state index contributed by atoms with van der Waals surface area (Å²) in [4.78, 5) is 27.7. The molecule has 208 valence electrons. The predicted molar refractivity (Wildman–Crippen MR) is 152 cm³/mol. The Morgan fingerprint density at radius 3 is 2.41 bits per heavy atom. The fourth-order valence-electron chi connectivity index (χ4n) is 4.94. The fraction of sp³-hybridized carbons (Fsp3) is 0.452. The van der Waals surface area contributed by atoms with Crippen LogP contribution in [0.2, 0.25) is 0 Å². The standard InChI is InChI=1S/C31H40N4O4/c1-20-8-9-23(22-10-12-35(13-11-22)30(37)39-31(3,4)5)17-28(20)29(36)33-21(2)24-14-25(16-27(15-24)38-7)26-18-32-34(6)19-26/h8-9,14-19,21-22H,10-13H2,1-7H3,(H,33,36)/t21-/m1/s1. The van der Waals surface area contributed by atoms with Crippen molar-refractivity contribution in [1.29, 1.82) is 0 Å². The van der Waals surface area contributed by atoms with E-state index >= 15 is 0 Å². The van der Waals surface area contributed by atoms with Crippen molar-refractivity contribution in [2.24, 2.45) is 7.05 Å². The Bertz CT molecular complexity index is 1330. The van der Waals surface area contributed by atoms with Crippen LogP contribution in [0, 0.1) is 6.92 Å². The lowest BCUT2D eigenvalue weighted by Gasteiger charge is -2.33. The molecule has 8 nitrogen and oxygen atoms in total. The van der Waals surface area contributed by atoms with Crippen molar-refractivity contribution >= 4 is 12.0 Å². The third-order valence-electron chi connectivity index (χ3n) is 7.17. The number of hydrogen-bond donors (Lipinski definition) is 1. The largest absolute Gasteiger partial charge is 0.497 e. The van der Waals surface area contributed by atoms with Crippen molar-refractivity contribution in [1.82, 2.24) is 20.0 Å². The fourth-order valence-corrected chi connectivity index (χ4v) is 4.94. The molecule has 2 aromatic carbocycles. The van der Waals surface area contributed by atoms with Crippen LogP contribution in [0.4, 0.5) is 4.79 Å². The molecule has 4 rings (SSSR count). The van der Waals surface area contributed by atoms with Gasteiger partial charge in [0.1, 0.15) is 11.4 Å². The number of aromatic nitrogens is 2. The van der Waals surface area contributed by atoms with Crippen molar-refractivity contribution < 1.29 is 19.1 Å². The summed E-state index contributed by atoms with van der Waals surface area (Å²) in [5.41, 5.74) is 5.13. The highest BCUT2D eigenvalue weighted by atomic mass is 16.6. The molecule has 1 aromatic heterocycles. The normalized spacial score (nSPS) is 15.1. The van der Waals surface area contributed by atoms with Crippen LogP contribution < -0.4 is 10.1 Å². The molecule has 0 spiro atoms. The molecule has 0 saturated carbocycles.